The number of carbonyl (C=O) groups excluding carboxylic acids is 1. The van der Waals surface area contributed by atoms with Gasteiger partial charge >= 0.3 is 0 Å². The van der Waals surface area contributed by atoms with Crippen molar-refractivity contribution in [3.63, 3.8) is 0 Å². The van der Waals surface area contributed by atoms with E-state index in [4.69, 9.17) is 10.2 Å². The first-order valence-corrected chi connectivity index (χ1v) is 4.77. The number of aliphatic hydroxyl groups is 2. The van der Waals surface area contributed by atoms with E-state index in [1.165, 1.54) is 0 Å². The second kappa shape index (κ2) is 5.48. The van der Waals surface area contributed by atoms with Gasteiger partial charge in [0.05, 0.1) is 12.7 Å². The van der Waals surface area contributed by atoms with Crippen molar-refractivity contribution in [3.05, 3.63) is 35.4 Å². The average Bonchev–Trinajstić information content (AvgIpc) is 2.26. The fraction of sp³-hybridized carbons (Fsp3) is 0.364. The van der Waals surface area contributed by atoms with Crippen LogP contribution in [0.3, 0.4) is 0 Å². The number of hydrogen-bond acceptors (Lipinski definition) is 3. The number of amides is 1. The van der Waals surface area contributed by atoms with Crippen LogP contribution in [0.5, 0.6) is 0 Å². The van der Waals surface area contributed by atoms with Crippen LogP contribution in [0.1, 0.15) is 15.9 Å². The Morgan fingerprint density at radius 2 is 2.00 bits per heavy atom. The highest BCUT2D eigenvalue weighted by Crippen LogP contribution is 2.02. The lowest BCUT2D eigenvalue weighted by molar-refractivity contribution is 0.0802. The van der Waals surface area contributed by atoms with Crippen LogP contribution in [-0.2, 0) is 0 Å². The molecule has 1 aromatic carbocycles. The lowest BCUT2D eigenvalue weighted by atomic mass is 10.1. The third-order valence-electron chi connectivity index (χ3n) is 2.02. The standard InChI is InChI=1S/C11H15NO3/c1-8-2-4-9(5-3-8)11(15)12-6-10(14)7-13/h2-5,10,13-14H,6-7H2,1H3,(H,12,15)/t10-/m1/s1. The minimum absolute atomic E-state index is 0.0587. The Morgan fingerprint density at radius 1 is 1.40 bits per heavy atom. The first kappa shape index (κ1) is 11.7. The highest BCUT2D eigenvalue weighted by molar-refractivity contribution is 5.94. The summed E-state index contributed by atoms with van der Waals surface area (Å²) in [5.41, 5.74) is 1.63. The smallest absolute Gasteiger partial charge is 0.251 e. The number of aliphatic hydroxyl groups excluding tert-OH is 2. The molecule has 0 radical (unpaired) electrons. The van der Waals surface area contributed by atoms with Crippen LogP contribution < -0.4 is 5.32 Å². The molecule has 3 N–H and O–H groups in total. The van der Waals surface area contributed by atoms with Gasteiger partial charge in [0.25, 0.3) is 5.91 Å². The molecule has 0 unspecified atom stereocenters. The molecule has 1 rings (SSSR count). The van der Waals surface area contributed by atoms with Crippen LogP contribution in [-0.4, -0.2) is 35.4 Å². The number of aryl methyl sites for hydroxylation is 1. The summed E-state index contributed by atoms with van der Waals surface area (Å²) < 4.78 is 0. The molecule has 0 spiro atoms. The molecule has 0 aromatic heterocycles. The Hall–Kier alpha value is -1.39. The number of benzene rings is 1. The van der Waals surface area contributed by atoms with Crippen LogP contribution in [0, 0.1) is 6.92 Å². The predicted molar refractivity (Wildman–Crippen MR) is 56.6 cm³/mol. The van der Waals surface area contributed by atoms with Crippen LogP contribution in [0.2, 0.25) is 0 Å². The second-order valence-corrected chi connectivity index (χ2v) is 3.41. The van der Waals surface area contributed by atoms with Gasteiger partial charge in [0.2, 0.25) is 0 Å². The Labute approximate surface area is 88.6 Å². The van der Waals surface area contributed by atoms with Crippen molar-refractivity contribution in [1.29, 1.82) is 0 Å². The van der Waals surface area contributed by atoms with Crippen molar-refractivity contribution in [1.82, 2.24) is 5.32 Å². The molecule has 1 atom stereocenters. The first-order valence-electron chi connectivity index (χ1n) is 4.77. The summed E-state index contributed by atoms with van der Waals surface area (Å²) in [5.74, 6) is -0.248. The van der Waals surface area contributed by atoms with Crippen molar-refractivity contribution in [2.24, 2.45) is 0 Å². The van der Waals surface area contributed by atoms with E-state index in [0.717, 1.165) is 5.56 Å². The Morgan fingerprint density at radius 3 is 2.53 bits per heavy atom. The molecule has 0 bridgehead atoms. The SMILES string of the molecule is Cc1ccc(C(=O)NC[C@@H](O)CO)cc1. The molecule has 0 aliphatic carbocycles. The maximum Gasteiger partial charge on any atom is 0.251 e. The molecule has 0 aliphatic rings. The normalized spacial score (nSPS) is 12.2. The van der Waals surface area contributed by atoms with Gasteiger partial charge in [-0.2, -0.15) is 0 Å². The van der Waals surface area contributed by atoms with Gasteiger partial charge in [0.15, 0.2) is 0 Å². The second-order valence-electron chi connectivity index (χ2n) is 3.41. The third-order valence-corrected chi connectivity index (χ3v) is 2.02. The molecule has 0 saturated carbocycles. The summed E-state index contributed by atoms with van der Waals surface area (Å²) in [7, 11) is 0. The fourth-order valence-electron chi connectivity index (χ4n) is 1.08. The molecule has 1 aromatic rings. The zero-order chi connectivity index (χ0) is 11.3. The fourth-order valence-corrected chi connectivity index (χ4v) is 1.08. The van der Waals surface area contributed by atoms with Crippen LogP contribution in [0.25, 0.3) is 0 Å². The predicted octanol–water partition coefficient (Wildman–Crippen LogP) is 0.0780. The van der Waals surface area contributed by atoms with E-state index in [0.29, 0.717) is 5.56 Å². The lowest BCUT2D eigenvalue weighted by Gasteiger charge is -2.08. The molecule has 0 aliphatic heterocycles. The van der Waals surface area contributed by atoms with Crippen LogP contribution >= 0.6 is 0 Å². The van der Waals surface area contributed by atoms with E-state index >= 15 is 0 Å². The summed E-state index contributed by atoms with van der Waals surface area (Å²) in [6, 6.07) is 7.13. The summed E-state index contributed by atoms with van der Waals surface area (Å²) >= 11 is 0. The molecule has 15 heavy (non-hydrogen) atoms. The monoisotopic (exact) mass is 209 g/mol. The maximum absolute atomic E-state index is 11.5. The van der Waals surface area contributed by atoms with Crippen LogP contribution in [0.4, 0.5) is 0 Å². The minimum atomic E-state index is -0.903. The van der Waals surface area contributed by atoms with Crippen molar-refractivity contribution in [2.45, 2.75) is 13.0 Å². The first-order chi connectivity index (χ1) is 7.13. The van der Waals surface area contributed by atoms with Gasteiger partial charge in [-0.3, -0.25) is 4.79 Å². The molecule has 1 amide bonds. The van der Waals surface area contributed by atoms with Gasteiger partial charge < -0.3 is 15.5 Å². The molecule has 4 heteroatoms. The average molecular weight is 209 g/mol. The van der Waals surface area contributed by atoms with E-state index < -0.39 is 6.10 Å². The van der Waals surface area contributed by atoms with Gasteiger partial charge in [-0.15, -0.1) is 0 Å². The van der Waals surface area contributed by atoms with Gasteiger partial charge in [-0.05, 0) is 19.1 Å². The molecule has 0 fully saturated rings. The summed E-state index contributed by atoms with van der Waals surface area (Å²) in [6.07, 6.45) is -0.903. The zero-order valence-corrected chi connectivity index (χ0v) is 8.60. The Kier molecular flexibility index (Phi) is 4.27. The van der Waals surface area contributed by atoms with E-state index in [9.17, 15) is 4.79 Å². The van der Waals surface area contributed by atoms with Gasteiger partial charge in [0, 0.05) is 12.1 Å². The van der Waals surface area contributed by atoms with E-state index in [1.54, 1.807) is 12.1 Å². The number of rotatable bonds is 4. The van der Waals surface area contributed by atoms with Gasteiger partial charge in [0.1, 0.15) is 0 Å². The third kappa shape index (κ3) is 3.69. The highest BCUT2D eigenvalue weighted by atomic mass is 16.3. The van der Waals surface area contributed by atoms with Crippen molar-refractivity contribution >= 4 is 5.91 Å². The number of carbonyl (C=O) groups is 1. The van der Waals surface area contributed by atoms with Crippen molar-refractivity contribution in [3.8, 4) is 0 Å². The zero-order valence-electron chi connectivity index (χ0n) is 8.60. The number of nitrogens with one attached hydrogen (secondary N) is 1. The van der Waals surface area contributed by atoms with Gasteiger partial charge in [-0.25, -0.2) is 0 Å². The van der Waals surface area contributed by atoms with E-state index in [1.807, 2.05) is 19.1 Å². The molecule has 82 valence electrons. The van der Waals surface area contributed by atoms with Crippen molar-refractivity contribution in [2.75, 3.05) is 13.2 Å². The molecule has 4 nitrogen and oxygen atoms in total. The molecule has 0 heterocycles. The summed E-state index contributed by atoms with van der Waals surface area (Å²) in [4.78, 5) is 11.5. The van der Waals surface area contributed by atoms with E-state index in [-0.39, 0.29) is 19.1 Å². The largest absolute Gasteiger partial charge is 0.394 e. The van der Waals surface area contributed by atoms with Crippen LogP contribution in [0.15, 0.2) is 24.3 Å². The minimum Gasteiger partial charge on any atom is -0.394 e. The lowest BCUT2D eigenvalue weighted by Crippen LogP contribution is -2.33. The molecular weight excluding hydrogens is 194 g/mol. The highest BCUT2D eigenvalue weighted by Gasteiger charge is 2.07. The summed E-state index contributed by atoms with van der Waals surface area (Å²) in [6.45, 7) is 1.65. The molecule has 0 saturated heterocycles. The van der Waals surface area contributed by atoms with Gasteiger partial charge in [-0.1, -0.05) is 17.7 Å². The Balaban J connectivity index is 2.50. The van der Waals surface area contributed by atoms with E-state index in [2.05, 4.69) is 5.32 Å². The van der Waals surface area contributed by atoms with Crippen molar-refractivity contribution < 1.29 is 15.0 Å². The maximum atomic E-state index is 11.5. The Bertz CT molecular complexity index is 321. The number of hydrogen-bond donors (Lipinski definition) is 3. The molecular formula is C11H15NO3. The topological polar surface area (TPSA) is 69.6 Å². The summed E-state index contributed by atoms with van der Waals surface area (Å²) in [5, 5.41) is 20.1. The quantitative estimate of drug-likeness (QED) is 0.657.